The summed E-state index contributed by atoms with van der Waals surface area (Å²) in [6, 6.07) is 7.27. The van der Waals surface area contributed by atoms with E-state index in [-0.39, 0.29) is 0 Å². The van der Waals surface area contributed by atoms with Gasteiger partial charge < -0.3 is 0 Å². The maximum atomic E-state index is 2.54. The van der Waals surface area contributed by atoms with Crippen molar-refractivity contribution in [1.82, 2.24) is 0 Å². The number of pyridine rings is 1. The van der Waals surface area contributed by atoms with Gasteiger partial charge >= 0.3 is 163 Å². The Labute approximate surface area is 163 Å². The van der Waals surface area contributed by atoms with E-state index in [9.17, 15) is 0 Å². The minimum absolute atomic E-state index is 0.699. The van der Waals surface area contributed by atoms with Crippen molar-refractivity contribution in [2.45, 2.75) is 70.1 Å². The van der Waals surface area contributed by atoms with Gasteiger partial charge in [0.05, 0.1) is 0 Å². The number of aryl methyl sites for hydroxylation is 3. The molecule has 0 saturated carbocycles. The van der Waals surface area contributed by atoms with Gasteiger partial charge in [-0.2, -0.15) is 0 Å². The van der Waals surface area contributed by atoms with Crippen molar-refractivity contribution >= 4 is 17.7 Å². The molecule has 2 heteroatoms. The number of fused-ring (bicyclic) bond motifs is 1. The van der Waals surface area contributed by atoms with E-state index < -0.39 is 13.3 Å². The summed E-state index contributed by atoms with van der Waals surface area (Å²) in [6.45, 7) is 6.99. The van der Waals surface area contributed by atoms with E-state index in [1.807, 2.05) is 0 Å². The summed E-state index contributed by atoms with van der Waals surface area (Å²) in [5.41, 5.74) is 9.18. The van der Waals surface area contributed by atoms with Crippen molar-refractivity contribution in [1.29, 1.82) is 0 Å². The molecule has 1 aliphatic rings. The Morgan fingerprint density at radius 2 is 1.77 bits per heavy atom. The van der Waals surface area contributed by atoms with E-state index in [0.717, 1.165) is 0 Å². The molecule has 0 fully saturated rings. The summed E-state index contributed by atoms with van der Waals surface area (Å²) in [4.78, 5) is 0. The first-order chi connectivity index (χ1) is 12.2. The molecule has 0 amide bonds. The van der Waals surface area contributed by atoms with Gasteiger partial charge in [0.1, 0.15) is 0 Å². The molecule has 1 aromatic carbocycles. The van der Waals surface area contributed by atoms with E-state index >= 15 is 0 Å². The van der Waals surface area contributed by atoms with Crippen LogP contribution in [0.5, 0.6) is 0 Å². The molecule has 2 aromatic rings. The molecule has 26 heavy (non-hydrogen) atoms. The molecule has 0 saturated heterocycles. The van der Waals surface area contributed by atoms with Gasteiger partial charge in [-0.25, -0.2) is 0 Å². The zero-order valence-corrected chi connectivity index (χ0v) is 20.0. The summed E-state index contributed by atoms with van der Waals surface area (Å²) in [6.07, 6.45) is 8.85. The number of hydrogen-bond donors (Lipinski definition) is 0. The monoisotopic (exact) mass is 412 g/mol. The summed E-state index contributed by atoms with van der Waals surface area (Å²) >= 11 is -1.90. The standard InChI is InChI=1S/C24H36GeN/c1-17(2)14-20-15-23(26(7)16-22(20)25(4,5)6)24-18(3)12-13-19-10-8-9-11-21(19)24/h12-13,15-17H,8-11,14H2,1-7H3/q+1. The summed E-state index contributed by atoms with van der Waals surface area (Å²) in [5.74, 6) is 8.27. The van der Waals surface area contributed by atoms with Gasteiger partial charge in [-0.1, -0.05) is 0 Å². The first-order valence-electron chi connectivity index (χ1n) is 10.3. The fourth-order valence-electron chi connectivity index (χ4n) is 4.52. The third kappa shape index (κ3) is 3.93. The molecule has 140 valence electrons. The first kappa shape index (κ1) is 19.7. The van der Waals surface area contributed by atoms with Gasteiger partial charge in [0.15, 0.2) is 0 Å². The van der Waals surface area contributed by atoms with Crippen LogP contribution in [0.4, 0.5) is 0 Å². The molecule has 0 N–H and O–H groups in total. The van der Waals surface area contributed by atoms with E-state index in [1.165, 1.54) is 48.9 Å². The molecule has 0 unspecified atom stereocenters. The van der Waals surface area contributed by atoms with E-state index in [2.05, 4.69) is 74.1 Å². The van der Waals surface area contributed by atoms with Gasteiger partial charge in [0.2, 0.25) is 0 Å². The number of hydrogen-bond acceptors (Lipinski definition) is 0. The molecule has 0 aliphatic heterocycles. The second-order valence-electron chi connectivity index (χ2n) is 9.66. The third-order valence-corrected chi connectivity index (χ3v) is 10.1. The quantitative estimate of drug-likeness (QED) is 0.487. The Hall–Kier alpha value is -1.09. The number of rotatable bonds is 4. The van der Waals surface area contributed by atoms with Crippen LogP contribution in [0.2, 0.25) is 17.3 Å². The van der Waals surface area contributed by atoms with Gasteiger partial charge in [0, 0.05) is 0 Å². The van der Waals surface area contributed by atoms with E-state index in [4.69, 9.17) is 0 Å². The normalized spacial score (nSPS) is 14.6. The fraction of sp³-hybridized carbons (Fsp3) is 0.542. The van der Waals surface area contributed by atoms with Crippen molar-refractivity contribution < 1.29 is 4.57 Å². The Morgan fingerprint density at radius 3 is 2.42 bits per heavy atom. The molecular weight excluding hydrogens is 375 g/mol. The average Bonchev–Trinajstić information content (AvgIpc) is 2.55. The molecule has 1 nitrogen and oxygen atoms in total. The Bertz CT molecular complexity index is 812. The number of nitrogens with zero attached hydrogens (tertiary/aromatic N) is 1. The Balaban J connectivity index is 2.24. The molecule has 0 radical (unpaired) electrons. The SMILES string of the molecule is Cc1ccc2c(c1-c1cc(CC(C)C)[c]([Ge]([CH3])([CH3])[CH3])c[n+]1C)CCCC2. The topological polar surface area (TPSA) is 3.88 Å². The molecule has 3 rings (SSSR count). The van der Waals surface area contributed by atoms with Crippen LogP contribution in [-0.2, 0) is 26.3 Å². The van der Waals surface area contributed by atoms with Crippen molar-refractivity contribution in [3.8, 4) is 11.3 Å². The van der Waals surface area contributed by atoms with Crippen LogP contribution in [0.3, 0.4) is 0 Å². The fourth-order valence-corrected chi connectivity index (χ4v) is 8.13. The molecular formula is C24H36GeN+. The second-order valence-corrected chi connectivity index (χ2v) is 20.2. The molecule has 0 atom stereocenters. The van der Waals surface area contributed by atoms with Crippen molar-refractivity contribution in [3.05, 3.63) is 46.6 Å². The Morgan fingerprint density at radius 1 is 1.08 bits per heavy atom. The number of aromatic nitrogens is 1. The predicted molar refractivity (Wildman–Crippen MR) is 116 cm³/mol. The van der Waals surface area contributed by atoms with Crippen LogP contribution >= 0.6 is 0 Å². The van der Waals surface area contributed by atoms with Crippen LogP contribution in [0.25, 0.3) is 11.3 Å². The minimum atomic E-state index is -1.90. The van der Waals surface area contributed by atoms with Gasteiger partial charge in [-0.05, 0) is 0 Å². The molecule has 0 bridgehead atoms. The van der Waals surface area contributed by atoms with Crippen LogP contribution < -0.4 is 8.96 Å². The van der Waals surface area contributed by atoms with Crippen LogP contribution in [-0.4, -0.2) is 13.3 Å². The Kier molecular flexibility index (Phi) is 5.67. The maximum absolute atomic E-state index is 2.54. The molecule has 1 aromatic heterocycles. The van der Waals surface area contributed by atoms with Crippen molar-refractivity contribution in [2.75, 3.05) is 0 Å². The summed E-state index contributed by atoms with van der Waals surface area (Å²) in [5, 5.41) is 0. The predicted octanol–water partition coefficient (Wildman–Crippen LogP) is 5.11. The zero-order valence-electron chi connectivity index (χ0n) is 17.9. The third-order valence-electron chi connectivity index (χ3n) is 5.79. The molecule has 1 aliphatic carbocycles. The second kappa shape index (κ2) is 7.50. The summed E-state index contributed by atoms with van der Waals surface area (Å²) < 4.78 is 4.10. The van der Waals surface area contributed by atoms with Crippen molar-refractivity contribution in [2.24, 2.45) is 13.0 Å². The van der Waals surface area contributed by atoms with Gasteiger partial charge in [-0.3, -0.25) is 0 Å². The van der Waals surface area contributed by atoms with E-state index in [1.54, 1.807) is 21.1 Å². The summed E-state index contributed by atoms with van der Waals surface area (Å²) in [7, 11) is 2.26. The van der Waals surface area contributed by atoms with Crippen LogP contribution in [0.1, 0.15) is 48.9 Å². The average molecular weight is 411 g/mol. The molecule has 1 heterocycles. The van der Waals surface area contributed by atoms with E-state index in [0.29, 0.717) is 5.92 Å². The van der Waals surface area contributed by atoms with Crippen LogP contribution in [0.15, 0.2) is 24.4 Å². The van der Waals surface area contributed by atoms with Crippen LogP contribution in [0, 0.1) is 12.8 Å². The van der Waals surface area contributed by atoms with Gasteiger partial charge in [-0.15, -0.1) is 0 Å². The molecule has 0 spiro atoms. The zero-order chi connectivity index (χ0) is 19.1. The van der Waals surface area contributed by atoms with Crippen molar-refractivity contribution in [3.63, 3.8) is 0 Å². The van der Waals surface area contributed by atoms with Gasteiger partial charge in [0.25, 0.3) is 0 Å². The number of benzene rings is 1. The first-order valence-corrected chi connectivity index (χ1v) is 17.7.